The molecule has 68 valence electrons. The molecule has 1 spiro atoms. The van der Waals surface area contributed by atoms with Crippen LogP contribution in [0.3, 0.4) is 0 Å². The summed E-state index contributed by atoms with van der Waals surface area (Å²) in [4.78, 5) is 15.5. The van der Waals surface area contributed by atoms with Crippen molar-refractivity contribution < 1.29 is 4.79 Å². The van der Waals surface area contributed by atoms with Gasteiger partial charge in [0.05, 0.1) is 0 Å². The van der Waals surface area contributed by atoms with E-state index in [2.05, 4.69) is 11.8 Å². The second-order valence-electron chi connectivity index (χ2n) is 4.23. The molecule has 0 unspecified atom stereocenters. The molecule has 0 aromatic carbocycles. The third-order valence-electron chi connectivity index (χ3n) is 3.09. The third kappa shape index (κ3) is 1.04. The minimum absolute atomic E-state index is 0.325. The van der Waals surface area contributed by atoms with Crippen LogP contribution in [0, 0.1) is 5.41 Å². The molecule has 3 nitrogen and oxygen atoms in total. The van der Waals surface area contributed by atoms with Gasteiger partial charge in [-0.15, -0.1) is 0 Å². The SMILES string of the molecule is CCN1CC2(CC(=O)N(C)C2)C1. The van der Waals surface area contributed by atoms with Crippen LogP contribution in [0.2, 0.25) is 0 Å². The Balaban J connectivity index is 1.96. The molecule has 2 saturated heterocycles. The maximum absolute atomic E-state index is 11.3. The maximum Gasteiger partial charge on any atom is 0.223 e. The molecule has 2 fully saturated rings. The second kappa shape index (κ2) is 2.46. The molecule has 12 heavy (non-hydrogen) atoms. The van der Waals surface area contributed by atoms with Crippen LogP contribution in [0.25, 0.3) is 0 Å². The van der Waals surface area contributed by atoms with Crippen LogP contribution in [0.4, 0.5) is 0 Å². The fourth-order valence-corrected chi connectivity index (χ4v) is 2.44. The Morgan fingerprint density at radius 2 is 2.08 bits per heavy atom. The third-order valence-corrected chi connectivity index (χ3v) is 3.09. The minimum Gasteiger partial charge on any atom is -0.345 e. The van der Waals surface area contributed by atoms with Gasteiger partial charge >= 0.3 is 0 Å². The zero-order chi connectivity index (χ0) is 8.77. The molecule has 0 aromatic heterocycles. The van der Waals surface area contributed by atoms with E-state index in [4.69, 9.17) is 0 Å². The van der Waals surface area contributed by atoms with Crippen LogP contribution in [-0.2, 0) is 4.79 Å². The van der Waals surface area contributed by atoms with E-state index in [0.29, 0.717) is 11.3 Å². The molecule has 0 radical (unpaired) electrons. The van der Waals surface area contributed by atoms with Crippen LogP contribution in [0.15, 0.2) is 0 Å². The summed E-state index contributed by atoms with van der Waals surface area (Å²) in [6.07, 6.45) is 0.778. The number of carbonyl (C=O) groups excluding carboxylic acids is 1. The summed E-state index contributed by atoms with van der Waals surface area (Å²) in [7, 11) is 1.91. The maximum atomic E-state index is 11.3. The lowest BCUT2D eigenvalue weighted by Crippen LogP contribution is -2.57. The van der Waals surface area contributed by atoms with Crippen molar-refractivity contribution in [3.8, 4) is 0 Å². The van der Waals surface area contributed by atoms with E-state index >= 15 is 0 Å². The van der Waals surface area contributed by atoms with Crippen molar-refractivity contribution in [3.05, 3.63) is 0 Å². The number of nitrogens with zero attached hydrogens (tertiary/aromatic N) is 2. The lowest BCUT2D eigenvalue weighted by Gasteiger charge is -2.47. The molecule has 0 atom stereocenters. The van der Waals surface area contributed by atoms with Gasteiger partial charge in [0.1, 0.15) is 0 Å². The zero-order valence-electron chi connectivity index (χ0n) is 7.84. The summed E-state index contributed by atoms with van der Waals surface area (Å²) >= 11 is 0. The van der Waals surface area contributed by atoms with Gasteiger partial charge in [-0.05, 0) is 6.54 Å². The predicted molar refractivity (Wildman–Crippen MR) is 46.8 cm³/mol. The predicted octanol–water partition coefficient (Wildman–Crippen LogP) is 0.170. The molecule has 3 heteroatoms. The normalized spacial score (nSPS) is 28.2. The Hall–Kier alpha value is -0.570. The number of rotatable bonds is 1. The molecular weight excluding hydrogens is 152 g/mol. The van der Waals surface area contributed by atoms with Gasteiger partial charge in [0.2, 0.25) is 5.91 Å². The molecule has 0 N–H and O–H groups in total. The van der Waals surface area contributed by atoms with Crippen LogP contribution in [0.5, 0.6) is 0 Å². The molecule has 0 aromatic rings. The molecule has 2 rings (SSSR count). The van der Waals surface area contributed by atoms with Gasteiger partial charge in [0.25, 0.3) is 0 Å². The van der Waals surface area contributed by atoms with Crippen molar-refractivity contribution in [2.75, 3.05) is 33.2 Å². The fraction of sp³-hybridized carbons (Fsp3) is 0.889. The van der Waals surface area contributed by atoms with Gasteiger partial charge in [-0.1, -0.05) is 6.92 Å². The average molecular weight is 168 g/mol. The van der Waals surface area contributed by atoms with Crippen molar-refractivity contribution in [3.63, 3.8) is 0 Å². The summed E-state index contributed by atoms with van der Waals surface area (Å²) in [5, 5.41) is 0. The van der Waals surface area contributed by atoms with E-state index in [-0.39, 0.29) is 0 Å². The first kappa shape index (κ1) is 8.05. The lowest BCUT2D eigenvalue weighted by molar-refractivity contribution is -0.127. The first-order valence-electron chi connectivity index (χ1n) is 4.61. The summed E-state index contributed by atoms with van der Waals surface area (Å²) in [5.41, 5.74) is 0.335. The molecule has 1 amide bonds. The first-order chi connectivity index (χ1) is 5.65. The van der Waals surface area contributed by atoms with Crippen molar-refractivity contribution in [1.29, 1.82) is 0 Å². The molecule has 2 aliphatic heterocycles. The molecule has 0 bridgehead atoms. The van der Waals surface area contributed by atoms with Gasteiger partial charge in [-0.2, -0.15) is 0 Å². The van der Waals surface area contributed by atoms with Crippen molar-refractivity contribution in [2.45, 2.75) is 13.3 Å². The van der Waals surface area contributed by atoms with E-state index < -0.39 is 0 Å². The first-order valence-corrected chi connectivity index (χ1v) is 4.61. The topological polar surface area (TPSA) is 23.6 Å². The Morgan fingerprint density at radius 1 is 1.42 bits per heavy atom. The quantitative estimate of drug-likeness (QED) is 0.557. The highest BCUT2D eigenvalue weighted by Crippen LogP contribution is 2.39. The zero-order valence-corrected chi connectivity index (χ0v) is 7.84. The van der Waals surface area contributed by atoms with Gasteiger partial charge in [0.15, 0.2) is 0 Å². The lowest BCUT2D eigenvalue weighted by atomic mass is 9.79. The van der Waals surface area contributed by atoms with Gasteiger partial charge < -0.3 is 9.80 Å². The highest BCUT2D eigenvalue weighted by molar-refractivity contribution is 5.79. The Labute approximate surface area is 73.3 Å². The van der Waals surface area contributed by atoms with Crippen molar-refractivity contribution >= 4 is 5.91 Å². The van der Waals surface area contributed by atoms with Crippen LogP contribution in [0.1, 0.15) is 13.3 Å². The summed E-state index contributed by atoms with van der Waals surface area (Å²) in [6, 6.07) is 0. The van der Waals surface area contributed by atoms with E-state index in [1.54, 1.807) is 0 Å². The van der Waals surface area contributed by atoms with Gasteiger partial charge in [-0.3, -0.25) is 4.79 Å². The number of hydrogen-bond donors (Lipinski definition) is 0. The summed E-state index contributed by atoms with van der Waals surface area (Å²) in [6.45, 7) is 6.52. The van der Waals surface area contributed by atoms with Crippen LogP contribution >= 0.6 is 0 Å². The number of amides is 1. The number of hydrogen-bond acceptors (Lipinski definition) is 2. The number of likely N-dealkylation sites (tertiary alicyclic amines) is 2. The molecule has 2 heterocycles. The van der Waals surface area contributed by atoms with E-state index in [9.17, 15) is 4.79 Å². The second-order valence-corrected chi connectivity index (χ2v) is 4.23. The Kier molecular flexibility index (Phi) is 1.65. The van der Waals surface area contributed by atoms with E-state index in [0.717, 1.165) is 32.6 Å². The summed E-state index contributed by atoms with van der Waals surface area (Å²) < 4.78 is 0. The average Bonchev–Trinajstić information content (AvgIpc) is 2.25. The molecule has 0 aliphatic carbocycles. The van der Waals surface area contributed by atoms with Gasteiger partial charge in [-0.25, -0.2) is 0 Å². The van der Waals surface area contributed by atoms with Crippen molar-refractivity contribution in [1.82, 2.24) is 9.80 Å². The standard InChI is InChI=1S/C9H16N2O/c1-3-11-6-9(7-11)4-8(12)10(2)5-9/h3-7H2,1-2H3. The highest BCUT2D eigenvalue weighted by atomic mass is 16.2. The van der Waals surface area contributed by atoms with Gasteiger partial charge in [0, 0.05) is 38.5 Å². The highest BCUT2D eigenvalue weighted by Gasteiger charge is 2.49. The minimum atomic E-state index is 0.325. The van der Waals surface area contributed by atoms with Crippen molar-refractivity contribution in [2.24, 2.45) is 5.41 Å². The largest absolute Gasteiger partial charge is 0.345 e. The monoisotopic (exact) mass is 168 g/mol. The fourth-order valence-electron chi connectivity index (χ4n) is 2.44. The number of carbonyl (C=O) groups is 1. The van der Waals surface area contributed by atoms with Crippen LogP contribution in [-0.4, -0.2) is 48.9 Å². The molecule has 2 aliphatic rings. The molecule has 0 saturated carbocycles. The Bertz CT molecular complexity index is 209. The van der Waals surface area contributed by atoms with E-state index in [1.165, 1.54) is 0 Å². The smallest absolute Gasteiger partial charge is 0.223 e. The Morgan fingerprint density at radius 3 is 2.50 bits per heavy atom. The van der Waals surface area contributed by atoms with E-state index in [1.807, 2.05) is 11.9 Å². The molecular formula is C9H16N2O. The van der Waals surface area contributed by atoms with Crippen LogP contribution < -0.4 is 0 Å². The summed E-state index contributed by atoms with van der Waals surface area (Å²) in [5.74, 6) is 0.325.